The van der Waals surface area contributed by atoms with Crippen LogP contribution in [0.1, 0.15) is 61.3 Å². The Morgan fingerprint density at radius 3 is 2.80 bits per heavy atom. The molecule has 134 valence electrons. The lowest BCUT2D eigenvalue weighted by Crippen LogP contribution is -2.37. The van der Waals surface area contributed by atoms with Crippen LogP contribution >= 0.6 is 0 Å². The largest absolute Gasteiger partial charge is 0.353 e. The molecule has 0 radical (unpaired) electrons. The van der Waals surface area contributed by atoms with Gasteiger partial charge in [0.05, 0.1) is 6.04 Å². The molecule has 2 aromatic rings. The second kappa shape index (κ2) is 7.68. The van der Waals surface area contributed by atoms with Crippen molar-refractivity contribution in [2.45, 2.75) is 51.6 Å². The fourth-order valence-corrected chi connectivity index (χ4v) is 3.56. The van der Waals surface area contributed by atoms with Crippen molar-refractivity contribution in [3.8, 4) is 0 Å². The first-order valence-corrected chi connectivity index (χ1v) is 9.12. The second-order valence-corrected chi connectivity index (χ2v) is 6.69. The number of amides is 1. The maximum absolute atomic E-state index is 13.2. The first kappa shape index (κ1) is 17.5. The number of aromatic nitrogens is 3. The van der Waals surface area contributed by atoms with E-state index in [1.54, 1.807) is 6.07 Å². The molecule has 0 spiro atoms. The van der Waals surface area contributed by atoms with Crippen molar-refractivity contribution in [3.63, 3.8) is 0 Å². The summed E-state index contributed by atoms with van der Waals surface area (Å²) in [6.45, 7) is 3.24. The molecule has 0 aromatic carbocycles. The first-order valence-electron chi connectivity index (χ1n) is 9.12. The molecule has 0 saturated carbocycles. The van der Waals surface area contributed by atoms with Gasteiger partial charge in [0.1, 0.15) is 5.69 Å². The predicted octanol–water partition coefficient (Wildman–Crippen LogP) is 2.75. The fraction of sp³-hybridized carbons (Fsp3) is 0.526. The van der Waals surface area contributed by atoms with Gasteiger partial charge in [0.2, 0.25) is 0 Å². The van der Waals surface area contributed by atoms with Gasteiger partial charge in [-0.25, -0.2) is 4.68 Å². The zero-order valence-electron chi connectivity index (χ0n) is 15.0. The van der Waals surface area contributed by atoms with Gasteiger partial charge in [0.15, 0.2) is 0 Å². The smallest absolute Gasteiger partial charge is 0.274 e. The summed E-state index contributed by atoms with van der Waals surface area (Å²) in [5, 5.41) is 4.31. The number of aryl methyl sites for hydroxylation is 2. The van der Waals surface area contributed by atoms with Crippen molar-refractivity contribution >= 4 is 5.91 Å². The molecule has 0 N–H and O–H groups in total. The topological polar surface area (TPSA) is 60.1 Å². The predicted molar refractivity (Wildman–Crippen MR) is 96.4 cm³/mol. The van der Waals surface area contributed by atoms with E-state index in [4.69, 9.17) is 0 Å². The zero-order valence-corrected chi connectivity index (χ0v) is 15.0. The molecule has 0 bridgehead atoms. The van der Waals surface area contributed by atoms with Crippen molar-refractivity contribution < 1.29 is 4.79 Å². The quantitative estimate of drug-likeness (QED) is 0.858. The highest BCUT2D eigenvalue weighted by Crippen LogP contribution is 2.31. The molecule has 1 unspecified atom stereocenters. The van der Waals surface area contributed by atoms with Crippen LogP contribution in [0.4, 0.5) is 0 Å². The molecule has 1 amide bonds. The van der Waals surface area contributed by atoms with E-state index in [0.29, 0.717) is 12.2 Å². The molecule has 1 aliphatic rings. The second-order valence-electron chi connectivity index (χ2n) is 6.69. The number of carbonyl (C=O) groups excluding carboxylic acids is 1. The molecule has 25 heavy (non-hydrogen) atoms. The molecular formula is C19H26N4O2. The van der Waals surface area contributed by atoms with Crippen LogP contribution in [-0.2, 0) is 13.6 Å². The van der Waals surface area contributed by atoms with Crippen molar-refractivity contribution in [3.05, 3.63) is 52.2 Å². The van der Waals surface area contributed by atoms with E-state index in [9.17, 15) is 9.59 Å². The highest BCUT2D eigenvalue weighted by molar-refractivity contribution is 5.92. The van der Waals surface area contributed by atoms with Crippen molar-refractivity contribution in [2.24, 2.45) is 7.05 Å². The molecular weight excluding hydrogens is 316 g/mol. The number of likely N-dealkylation sites (tertiary alicyclic amines) is 1. The standard InChI is InChI=1S/C19H26N4O2/c1-3-12-23-18(24)11-10-15(20-23)19(25)22-14-6-4-5-8-17(22)16-9-7-13-21(16)2/h7,9-11,13,17H,3-6,8,12,14H2,1-2H3. The summed E-state index contributed by atoms with van der Waals surface area (Å²) in [4.78, 5) is 27.0. The SMILES string of the molecule is CCCn1nc(C(=O)N2CCCCCC2c2cccn2C)ccc1=O. The third kappa shape index (κ3) is 3.67. The van der Waals surface area contributed by atoms with Crippen molar-refractivity contribution in [1.82, 2.24) is 19.2 Å². The number of rotatable bonds is 4. The maximum Gasteiger partial charge on any atom is 0.274 e. The van der Waals surface area contributed by atoms with E-state index in [1.807, 2.05) is 31.1 Å². The van der Waals surface area contributed by atoms with Crippen LogP contribution in [0.15, 0.2) is 35.3 Å². The highest BCUT2D eigenvalue weighted by atomic mass is 16.2. The van der Waals surface area contributed by atoms with Crippen LogP contribution in [0.25, 0.3) is 0 Å². The van der Waals surface area contributed by atoms with Crippen molar-refractivity contribution in [1.29, 1.82) is 0 Å². The molecule has 1 fully saturated rings. The summed E-state index contributed by atoms with van der Waals surface area (Å²) in [5.74, 6) is -0.0852. The molecule has 1 atom stereocenters. The molecule has 6 heteroatoms. The van der Waals surface area contributed by atoms with Gasteiger partial charge in [-0.3, -0.25) is 9.59 Å². The number of hydrogen-bond acceptors (Lipinski definition) is 3. The molecule has 2 aromatic heterocycles. The monoisotopic (exact) mass is 342 g/mol. The summed E-state index contributed by atoms with van der Waals surface area (Å²) in [5.41, 5.74) is 1.35. The minimum Gasteiger partial charge on any atom is -0.353 e. The van der Waals surface area contributed by atoms with E-state index in [-0.39, 0.29) is 17.5 Å². The number of carbonyl (C=O) groups is 1. The number of nitrogens with zero attached hydrogens (tertiary/aromatic N) is 4. The Morgan fingerprint density at radius 2 is 2.08 bits per heavy atom. The van der Waals surface area contributed by atoms with Gasteiger partial charge >= 0.3 is 0 Å². The van der Waals surface area contributed by atoms with Crippen LogP contribution in [0.5, 0.6) is 0 Å². The maximum atomic E-state index is 13.2. The highest BCUT2D eigenvalue weighted by Gasteiger charge is 2.29. The van der Waals surface area contributed by atoms with Gasteiger partial charge in [-0.15, -0.1) is 0 Å². The van der Waals surface area contributed by atoms with Crippen LogP contribution < -0.4 is 5.56 Å². The Morgan fingerprint density at radius 1 is 1.24 bits per heavy atom. The first-order chi connectivity index (χ1) is 12.1. The summed E-state index contributed by atoms with van der Waals surface area (Å²) in [7, 11) is 2.02. The van der Waals surface area contributed by atoms with E-state index < -0.39 is 0 Å². The molecule has 1 saturated heterocycles. The van der Waals surface area contributed by atoms with Crippen LogP contribution in [0.3, 0.4) is 0 Å². The Labute approximate surface area is 148 Å². The minimum atomic E-state index is -0.159. The van der Waals surface area contributed by atoms with Gasteiger partial charge in [0, 0.05) is 38.1 Å². The normalized spacial score (nSPS) is 18.2. The Kier molecular flexibility index (Phi) is 5.36. The lowest BCUT2D eigenvalue weighted by atomic mass is 10.1. The van der Waals surface area contributed by atoms with Gasteiger partial charge in [-0.1, -0.05) is 19.8 Å². The van der Waals surface area contributed by atoms with E-state index in [1.165, 1.54) is 10.7 Å². The van der Waals surface area contributed by atoms with Crippen molar-refractivity contribution in [2.75, 3.05) is 6.54 Å². The van der Waals surface area contributed by atoms with Crippen LogP contribution in [0.2, 0.25) is 0 Å². The van der Waals surface area contributed by atoms with Gasteiger partial charge in [-0.2, -0.15) is 5.10 Å². The summed E-state index contributed by atoms with van der Waals surface area (Å²) in [6, 6.07) is 7.17. The van der Waals surface area contributed by atoms with E-state index in [0.717, 1.165) is 44.3 Å². The Hall–Kier alpha value is -2.37. The van der Waals surface area contributed by atoms with E-state index >= 15 is 0 Å². The van der Waals surface area contributed by atoms with Gasteiger partial charge in [-0.05, 0) is 37.5 Å². The molecule has 0 aliphatic carbocycles. The molecule has 3 rings (SSSR count). The molecule has 1 aliphatic heterocycles. The average Bonchev–Trinajstić information content (AvgIpc) is 2.89. The number of hydrogen-bond donors (Lipinski definition) is 0. The summed E-state index contributed by atoms with van der Waals surface area (Å²) >= 11 is 0. The van der Waals surface area contributed by atoms with Gasteiger partial charge < -0.3 is 9.47 Å². The summed E-state index contributed by atoms with van der Waals surface area (Å²) in [6.07, 6.45) is 7.03. The van der Waals surface area contributed by atoms with Crippen LogP contribution in [0, 0.1) is 0 Å². The Bertz CT molecular complexity index is 793. The third-order valence-electron chi connectivity index (χ3n) is 4.86. The fourth-order valence-electron chi connectivity index (χ4n) is 3.56. The van der Waals surface area contributed by atoms with E-state index in [2.05, 4.69) is 15.7 Å². The van der Waals surface area contributed by atoms with Crippen LogP contribution in [-0.4, -0.2) is 31.7 Å². The van der Waals surface area contributed by atoms with Gasteiger partial charge in [0.25, 0.3) is 11.5 Å². The molecule has 6 nitrogen and oxygen atoms in total. The summed E-state index contributed by atoms with van der Waals surface area (Å²) < 4.78 is 3.48. The zero-order chi connectivity index (χ0) is 17.8. The molecule has 3 heterocycles. The Balaban J connectivity index is 1.94. The average molecular weight is 342 g/mol. The third-order valence-corrected chi connectivity index (χ3v) is 4.86. The minimum absolute atomic E-state index is 0.0587. The lowest BCUT2D eigenvalue weighted by Gasteiger charge is -2.30. The lowest BCUT2D eigenvalue weighted by molar-refractivity contribution is 0.0665.